The summed E-state index contributed by atoms with van der Waals surface area (Å²) in [6.07, 6.45) is 1.23. The molecule has 0 saturated carbocycles. The van der Waals surface area contributed by atoms with E-state index < -0.39 is 16.4 Å². The molecule has 0 amide bonds. The van der Waals surface area contributed by atoms with Gasteiger partial charge in [-0.2, -0.15) is 0 Å². The highest BCUT2D eigenvalue weighted by Crippen LogP contribution is 2.40. The SMILES string of the molecule is Cc1cccc(S(=O)(=O)n2cc(C(F)F)c3c(N4CCCCC4)cc(Cl)cc32)c1. The Hall–Kier alpha value is -2.12. The summed E-state index contributed by atoms with van der Waals surface area (Å²) >= 11 is 6.30. The Bertz CT molecular complexity index is 1170. The lowest BCUT2D eigenvalue weighted by Gasteiger charge is -2.30. The first-order valence-corrected chi connectivity index (χ1v) is 11.3. The fraction of sp³-hybridized carbons (Fsp3) is 0.333. The maximum Gasteiger partial charge on any atom is 0.268 e. The first kappa shape index (κ1) is 20.2. The van der Waals surface area contributed by atoms with Crippen molar-refractivity contribution in [3.63, 3.8) is 0 Å². The van der Waals surface area contributed by atoms with Gasteiger partial charge in [-0.3, -0.25) is 0 Å². The van der Waals surface area contributed by atoms with E-state index >= 15 is 0 Å². The Morgan fingerprint density at radius 2 is 1.79 bits per heavy atom. The van der Waals surface area contributed by atoms with E-state index in [2.05, 4.69) is 0 Å². The number of anilines is 1. The normalized spacial score (nSPS) is 15.4. The average molecular weight is 439 g/mol. The number of benzene rings is 2. The van der Waals surface area contributed by atoms with Crippen molar-refractivity contribution in [2.75, 3.05) is 18.0 Å². The van der Waals surface area contributed by atoms with Gasteiger partial charge >= 0.3 is 0 Å². The van der Waals surface area contributed by atoms with Crippen molar-refractivity contribution in [2.24, 2.45) is 0 Å². The second kappa shape index (κ2) is 7.61. The molecule has 1 aliphatic rings. The molecule has 1 aliphatic heterocycles. The lowest BCUT2D eigenvalue weighted by molar-refractivity contribution is 0.153. The van der Waals surface area contributed by atoms with Crippen LogP contribution < -0.4 is 4.90 Å². The minimum Gasteiger partial charge on any atom is -0.371 e. The van der Waals surface area contributed by atoms with E-state index in [1.165, 1.54) is 18.2 Å². The number of nitrogens with zero attached hydrogens (tertiary/aromatic N) is 2. The topological polar surface area (TPSA) is 42.3 Å². The van der Waals surface area contributed by atoms with Gasteiger partial charge in [-0.15, -0.1) is 0 Å². The number of hydrogen-bond acceptors (Lipinski definition) is 3. The number of hydrogen-bond donors (Lipinski definition) is 0. The quantitative estimate of drug-likeness (QED) is 0.519. The van der Waals surface area contributed by atoms with Gasteiger partial charge < -0.3 is 4.90 Å². The molecule has 0 radical (unpaired) electrons. The van der Waals surface area contributed by atoms with Gasteiger partial charge in [0.05, 0.1) is 10.4 Å². The zero-order valence-corrected chi connectivity index (χ0v) is 17.5. The highest BCUT2D eigenvalue weighted by Gasteiger charge is 2.28. The minimum atomic E-state index is -4.06. The summed E-state index contributed by atoms with van der Waals surface area (Å²) in [5.74, 6) is 0. The summed E-state index contributed by atoms with van der Waals surface area (Å²) < 4.78 is 55.4. The summed E-state index contributed by atoms with van der Waals surface area (Å²) in [5.41, 5.74) is 1.22. The fourth-order valence-corrected chi connectivity index (χ4v) is 5.62. The van der Waals surface area contributed by atoms with Crippen molar-refractivity contribution in [2.45, 2.75) is 37.5 Å². The van der Waals surface area contributed by atoms with Crippen LogP contribution in [0, 0.1) is 6.92 Å². The highest BCUT2D eigenvalue weighted by molar-refractivity contribution is 7.90. The van der Waals surface area contributed by atoms with Gasteiger partial charge in [-0.25, -0.2) is 21.2 Å². The summed E-state index contributed by atoms with van der Waals surface area (Å²) in [5, 5.41) is 0.570. The van der Waals surface area contributed by atoms with E-state index in [0.717, 1.165) is 48.1 Å². The Kier molecular flexibility index (Phi) is 5.29. The van der Waals surface area contributed by atoms with E-state index in [1.54, 1.807) is 25.1 Å². The Morgan fingerprint density at radius 1 is 1.07 bits per heavy atom. The van der Waals surface area contributed by atoms with E-state index in [-0.39, 0.29) is 21.4 Å². The number of aromatic nitrogens is 1. The molecule has 4 nitrogen and oxygen atoms in total. The number of piperidine rings is 1. The summed E-state index contributed by atoms with van der Waals surface area (Å²) in [7, 11) is -4.06. The van der Waals surface area contributed by atoms with Crippen molar-refractivity contribution in [1.82, 2.24) is 3.97 Å². The van der Waals surface area contributed by atoms with Crippen LogP contribution in [0.15, 0.2) is 47.5 Å². The first-order valence-electron chi connectivity index (χ1n) is 9.49. The molecule has 2 heterocycles. The molecule has 29 heavy (non-hydrogen) atoms. The molecule has 1 saturated heterocycles. The predicted molar refractivity (Wildman–Crippen MR) is 112 cm³/mol. The van der Waals surface area contributed by atoms with Gasteiger partial charge in [0.15, 0.2) is 0 Å². The standard InChI is InChI=1S/C21H21ClF2N2O2S/c1-14-6-5-7-16(10-14)29(27,28)26-13-17(21(23)24)20-18(11-15(22)12-19(20)26)25-8-3-2-4-9-25/h5-7,10-13,21H,2-4,8-9H2,1H3. The molecule has 0 bridgehead atoms. The van der Waals surface area contributed by atoms with Crippen LogP contribution in [0.3, 0.4) is 0 Å². The van der Waals surface area contributed by atoms with Gasteiger partial charge in [0.1, 0.15) is 0 Å². The van der Waals surface area contributed by atoms with Crippen LogP contribution in [0.2, 0.25) is 5.02 Å². The van der Waals surface area contributed by atoms with Gasteiger partial charge in [0.2, 0.25) is 0 Å². The van der Waals surface area contributed by atoms with Crippen molar-refractivity contribution in [3.05, 3.63) is 58.7 Å². The van der Waals surface area contributed by atoms with Crippen LogP contribution in [0.5, 0.6) is 0 Å². The number of halogens is 3. The molecule has 2 aromatic carbocycles. The van der Waals surface area contributed by atoms with Crippen LogP contribution in [-0.4, -0.2) is 25.5 Å². The van der Waals surface area contributed by atoms with E-state index in [0.29, 0.717) is 10.7 Å². The largest absolute Gasteiger partial charge is 0.371 e. The summed E-state index contributed by atoms with van der Waals surface area (Å²) in [6.45, 7) is 3.24. The maximum atomic E-state index is 14.0. The van der Waals surface area contributed by atoms with Gasteiger partial charge in [0, 0.05) is 40.9 Å². The highest BCUT2D eigenvalue weighted by atomic mass is 35.5. The van der Waals surface area contributed by atoms with Gasteiger partial charge in [-0.1, -0.05) is 23.7 Å². The molecule has 0 aliphatic carbocycles. The molecule has 0 N–H and O–H groups in total. The minimum absolute atomic E-state index is 0.0507. The van der Waals surface area contributed by atoms with E-state index in [4.69, 9.17) is 11.6 Å². The molecule has 8 heteroatoms. The summed E-state index contributed by atoms with van der Waals surface area (Å²) in [4.78, 5) is 2.07. The van der Waals surface area contributed by atoms with Crippen molar-refractivity contribution < 1.29 is 17.2 Å². The van der Waals surface area contributed by atoms with Crippen LogP contribution in [0.25, 0.3) is 10.9 Å². The van der Waals surface area contributed by atoms with Crippen LogP contribution in [-0.2, 0) is 10.0 Å². The van der Waals surface area contributed by atoms with Crippen LogP contribution in [0.4, 0.5) is 14.5 Å². The Balaban J connectivity index is 2.00. The Morgan fingerprint density at radius 3 is 2.45 bits per heavy atom. The second-order valence-electron chi connectivity index (χ2n) is 7.37. The number of aryl methyl sites for hydroxylation is 1. The lowest BCUT2D eigenvalue weighted by Crippen LogP contribution is -2.29. The third-order valence-corrected chi connectivity index (χ3v) is 7.21. The Labute approximate surface area is 173 Å². The predicted octanol–water partition coefficient (Wildman–Crippen LogP) is 5.77. The summed E-state index contributed by atoms with van der Waals surface area (Å²) in [6, 6.07) is 9.51. The van der Waals surface area contributed by atoms with E-state index in [1.807, 2.05) is 4.90 Å². The molecule has 4 rings (SSSR count). The van der Waals surface area contributed by atoms with Gasteiger partial charge in [0.25, 0.3) is 16.4 Å². The fourth-order valence-electron chi connectivity index (χ4n) is 3.95. The number of rotatable bonds is 4. The van der Waals surface area contributed by atoms with Crippen LogP contribution >= 0.6 is 11.6 Å². The molecule has 0 atom stereocenters. The first-order chi connectivity index (χ1) is 13.8. The third-order valence-electron chi connectivity index (χ3n) is 5.32. The number of alkyl halides is 2. The van der Waals surface area contributed by atoms with Crippen molar-refractivity contribution in [3.8, 4) is 0 Å². The van der Waals surface area contributed by atoms with Crippen LogP contribution in [0.1, 0.15) is 36.8 Å². The molecule has 154 valence electrons. The second-order valence-corrected chi connectivity index (χ2v) is 9.62. The van der Waals surface area contributed by atoms with Crippen molar-refractivity contribution >= 4 is 38.2 Å². The molecule has 1 fully saturated rings. The number of fused-ring (bicyclic) bond motifs is 1. The lowest BCUT2D eigenvalue weighted by atomic mass is 10.1. The van der Waals surface area contributed by atoms with E-state index in [9.17, 15) is 17.2 Å². The maximum absolute atomic E-state index is 14.0. The smallest absolute Gasteiger partial charge is 0.268 e. The molecule has 3 aromatic rings. The van der Waals surface area contributed by atoms with Crippen molar-refractivity contribution in [1.29, 1.82) is 0 Å². The molecule has 0 spiro atoms. The molecule has 1 aromatic heterocycles. The molecular formula is C21H21ClF2N2O2S. The zero-order chi connectivity index (χ0) is 20.8. The monoisotopic (exact) mass is 438 g/mol. The molecule has 0 unspecified atom stereocenters. The molecular weight excluding hydrogens is 418 g/mol. The third kappa shape index (κ3) is 3.62. The average Bonchev–Trinajstić information content (AvgIpc) is 3.08. The van der Waals surface area contributed by atoms with Gasteiger partial charge in [-0.05, 0) is 56.0 Å². The zero-order valence-electron chi connectivity index (χ0n) is 15.9.